The first-order valence-electron chi connectivity index (χ1n) is 10.3. The van der Waals surface area contributed by atoms with Crippen molar-refractivity contribution >= 4 is 15.5 Å². The van der Waals surface area contributed by atoms with Gasteiger partial charge in [0, 0.05) is 43.6 Å². The van der Waals surface area contributed by atoms with Gasteiger partial charge in [-0.2, -0.15) is 0 Å². The summed E-state index contributed by atoms with van der Waals surface area (Å²) in [5, 5.41) is 11.2. The molecule has 8 heteroatoms. The Hall–Kier alpha value is -2.81. The Morgan fingerprint density at radius 1 is 0.844 bits per heavy atom. The quantitative estimate of drug-likeness (QED) is 0.630. The van der Waals surface area contributed by atoms with Crippen molar-refractivity contribution in [3.63, 3.8) is 0 Å². The fourth-order valence-corrected chi connectivity index (χ4v) is 4.68. The Morgan fingerprint density at radius 3 is 2.09 bits per heavy atom. The summed E-state index contributed by atoms with van der Waals surface area (Å²) in [5.41, 5.74) is 1.54. The molecule has 32 heavy (non-hydrogen) atoms. The van der Waals surface area contributed by atoms with Gasteiger partial charge >= 0.3 is 0 Å². The van der Waals surface area contributed by atoms with Crippen LogP contribution in [0.3, 0.4) is 0 Å². The van der Waals surface area contributed by atoms with Crippen LogP contribution in [0, 0.1) is 11.6 Å². The average Bonchev–Trinajstić information content (AvgIpc) is 2.78. The van der Waals surface area contributed by atoms with Crippen LogP contribution in [-0.4, -0.2) is 50.9 Å². The summed E-state index contributed by atoms with van der Waals surface area (Å²) >= 11 is 0. The molecule has 0 aliphatic carbocycles. The van der Waals surface area contributed by atoms with Crippen LogP contribution in [0.25, 0.3) is 11.1 Å². The molecule has 0 radical (unpaired) electrons. The van der Waals surface area contributed by atoms with Gasteiger partial charge in [-0.1, -0.05) is 36.4 Å². The summed E-state index contributed by atoms with van der Waals surface area (Å²) in [6.45, 7) is 1.82. The number of nitrogens with zero attached hydrogens (tertiary/aromatic N) is 2. The van der Waals surface area contributed by atoms with E-state index >= 15 is 0 Å². The van der Waals surface area contributed by atoms with E-state index in [1.165, 1.54) is 30.3 Å². The molecule has 1 aliphatic heterocycles. The Balaban J connectivity index is 1.65. The maximum absolute atomic E-state index is 14.5. The van der Waals surface area contributed by atoms with Crippen molar-refractivity contribution < 1.29 is 22.3 Å². The third kappa shape index (κ3) is 4.53. The minimum absolute atomic E-state index is 0.0524. The van der Waals surface area contributed by atoms with E-state index in [2.05, 4.69) is 0 Å². The summed E-state index contributed by atoms with van der Waals surface area (Å²) in [6.07, 6.45) is -0.0527. The lowest BCUT2D eigenvalue weighted by Gasteiger charge is -2.39. The summed E-state index contributed by atoms with van der Waals surface area (Å²) in [4.78, 5) is 3.74. The highest BCUT2D eigenvalue weighted by Gasteiger charge is 2.28. The number of halogens is 2. The van der Waals surface area contributed by atoms with Crippen LogP contribution in [0.2, 0.25) is 0 Å². The highest BCUT2D eigenvalue weighted by Crippen LogP contribution is 2.34. The third-order valence-electron chi connectivity index (χ3n) is 5.75. The van der Waals surface area contributed by atoms with Gasteiger partial charge in [0.15, 0.2) is 9.84 Å². The van der Waals surface area contributed by atoms with Crippen LogP contribution in [0.5, 0.6) is 0 Å². The molecule has 5 nitrogen and oxygen atoms in total. The van der Waals surface area contributed by atoms with Gasteiger partial charge in [-0.3, -0.25) is 4.90 Å². The lowest BCUT2D eigenvalue weighted by molar-refractivity contribution is -0.00140. The number of aliphatic hydroxyl groups is 1. The molecule has 1 fully saturated rings. The van der Waals surface area contributed by atoms with Crippen molar-refractivity contribution in [2.45, 2.75) is 11.1 Å². The molecule has 3 aromatic rings. The maximum Gasteiger partial charge on any atom is 0.175 e. The molecule has 0 aromatic heterocycles. The van der Waals surface area contributed by atoms with E-state index in [1.54, 1.807) is 41.3 Å². The van der Waals surface area contributed by atoms with Crippen molar-refractivity contribution in [1.82, 2.24) is 4.90 Å². The summed E-state index contributed by atoms with van der Waals surface area (Å²) < 4.78 is 52.9. The zero-order chi connectivity index (χ0) is 22.9. The number of sulfone groups is 1. The molecule has 1 unspecified atom stereocenters. The number of aliphatic hydroxyl groups excluding tert-OH is 1. The van der Waals surface area contributed by atoms with E-state index < -0.39 is 21.9 Å². The lowest BCUT2D eigenvalue weighted by atomic mass is 9.97. The number of rotatable bonds is 5. The zero-order valence-electron chi connectivity index (χ0n) is 17.6. The number of para-hydroxylation sites is 1. The third-order valence-corrected chi connectivity index (χ3v) is 6.86. The second-order valence-corrected chi connectivity index (χ2v) is 9.86. The molecular formula is C24H24F2N2O3S. The molecular weight excluding hydrogens is 434 g/mol. The molecule has 1 atom stereocenters. The van der Waals surface area contributed by atoms with Crippen molar-refractivity contribution in [2.24, 2.45) is 0 Å². The second-order valence-electron chi connectivity index (χ2n) is 7.85. The minimum atomic E-state index is -3.52. The first-order valence-corrected chi connectivity index (χ1v) is 12.2. The average molecular weight is 459 g/mol. The van der Waals surface area contributed by atoms with Gasteiger partial charge in [-0.15, -0.1) is 0 Å². The largest absolute Gasteiger partial charge is 0.374 e. The first-order chi connectivity index (χ1) is 15.3. The molecule has 1 N–H and O–H groups in total. The van der Waals surface area contributed by atoms with Crippen LogP contribution in [0.15, 0.2) is 71.6 Å². The molecule has 3 aromatic carbocycles. The van der Waals surface area contributed by atoms with Crippen LogP contribution in [0.4, 0.5) is 14.5 Å². The van der Waals surface area contributed by atoms with Crippen molar-refractivity contribution in [3.05, 3.63) is 83.9 Å². The first kappa shape index (κ1) is 22.4. The standard InChI is InChI=1S/C24H24F2N2O3S/c1-32(30,31)17-10-11-18(19-6-2-3-7-21(19)25)20(16-17)24(29)28-14-12-27(13-15-28)23-9-5-4-8-22(23)26/h2-11,16,24,29H,12-15H2,1H3. The minimum Gasteiger partial charge on any atom is -0.374 e. The van der Waals surface area contributed by atoms with E-state index in [1.807, 2.05) is 4.90 Å². The molecule has 0 bridgehead atoms. The van der Waals surface area contributed by atoms with Gasteiger partial charge in [0.2, 0.25) is 0 Å². The smallest absolute Gasteiger partial charge is 0.175 e. The van der Waals surface area contributed by atoms with E-state index in [0.717, 1.165) is 6.26 Å². The van der Waals surface area contributed by atoms with Gasteiger partial charge in [-0.05, 0) is 35.9 Å². The lowest BCUT2D eigenvalue weighted by Crippen LogP contribution is -2.48. The van der Waals surface area contributed by atoms with Crippen LogP contribution >= 0.6 is 0 Å². The Labute approximate surface area is 186 Å². The summed E-state index contributed by atoms with van der Waals surface area (Å²) in [6, 6.07) is 17.1. The Kier molecular flexibility index (Phi) is 6.28. The maximum atomic E-state index is 14.5. The topological polar surface area (TPSA) is 60.9 Å². The monoisotopic (exact) mass is 458 g/mol. The van der Waals surface area contributed by atoms with Gasteiger partial charge in [-0.25, -0.2) is 17.2 Å². The van der Waals surface area contributed by atoms with E-state index in [-0.39, 0.29) is 16.3 Å². The highest BCUT2D eigenvalue weighted by atomic mass is 32.2. The Bertz CT molecular complexity index is 1230. The number of anilines is 1. The summed E-state index contributed by atoms with van der Waals surface area (Å²) in [7, 11) is -3.52. The van der Waals surface area contributed by atoms with Gasteiger partial charge < -0.3 is 10.0 Å². The number of piperazine rings is 1. The van der Waals surface area contributed by atoms with Gasteiger partial charge in [0.25, 0.3) is 0 Å². The fourth-order valence-electron chi connectivity index (χ4n) is 4.02. The van der Waals surface area contributed by atoms with Crippen LogP contribution in [-0.2, 0) is 9.84 Å². The van der Waals surface area contributed by atoms with Crippen LogP contribution in [0.1, 0.15) is 11.8 Å². The van der Waals surface area contributed by atoms with E-state index in [0.29, 0.717) is 43.0 Å². The molecule has 0 saturated carbocycles. The normalized spacial score (nSPS) is 16.2. The molecule has 4 rings (SSSR count). The van der Waals surface area contributed by atoms with Gasteiger partial charge in [0.05, 0.1) is 10.6 Å². The predicted molar refractivity (Wildman–Crippen MR) is 120 cm³/mol. The number of hydrogen-bond acceptors (Lipinski definition) is 5. The zero-order valence-corrected chi connectivity index (χ0v) is 18.4. The Morgan fingerprint density at radius 2 is 1.47 bits per heavy atom. The molecule has 0 spiro atoms. The van der Waals surface area contributed by atoms with E-state index in [4.69, 9.17) is 0 Å². The van der Waals surface area contributed by atoms with E-state index in [9.17, 15) is 22.3 Å². The molecule has 168 valence electrons. The van der Waals surface area contributed by atoms with Crippen LogP contribution < -0.4 is 4.90 Å². The SMILES string of the molecule is CS(=O)(=O)c1ccc(-c2ccccc2F)c(C(O)N2CCN(c3ccccc3F)CC2)c1. The number of hydrogen-bond donors (Lipinski definition) is 1. The molecule has 0 amide bonds. The van der Waals surface area contributed by atoms with Crippen molar-refractivity contribution in [3.8, 4) is 11.1 Å². The predicted octanol–water partition coefficient (Wildman–Crippen LogP) is 3.85. The van der Waals surface area contributed by atoms with Crippen molar-refractivity contribution in [1.29, 1.82) is 0 Å². The molecule has 1 aliphatic rings. The molecule has 1 saturated heterocycles. The summed E-state index contributed by atoms with van der Waals surface area (Å²) in [5.74, 6) is -0.762. The second kappa shape index (κ2) is 8.97. The van der Waals surface area contributed by atoms with Crippen molar-refractivity contribution in [2.75, 3.05) is 37.3 Å². The fraction of sp³-hybridized carbons (Fsp3) is 0.250. The van der Waals surface area contributed by atoms with Gasteiger partial charge in [0.1, 0.15) is 17.9 Å². The number of benzene rings is 3. The highest BCUT2D eigenvalue weighted by molar-refractivity contribution is 7.90. The molecule has 1 heterocycles.